The molecule has 0 saturated carbocycles. The molecule has 1 aliphatic heterocycles. The maximum absolute atomic E-state index is 12.5. The van der Waals surface area contributed by atoms with Gasteiger partial charge in [0, 0.05) is 26.0 Å². The fourth-order valence-corrected chi connectivity index (χ4v) is 3.21. The molecule has 0 unspecified atom stereocenters. The van der Waals surface area contributed by atoms with Crippen molar-refractivity contribution in [3.05, 3.63) is 36.1 Å². The van der Waals surface area contributed by atoms with Gasteiger partial charge in [0.1, 0.15) is 0 Å². The van der Waals surface area contributed by atoms with E-state index in [0.29, 0.717) is 62.5 Å². The lowest BCUT2D eigenvalue weighted by Gasteiger charge is -2.30. The number of nitrogen functional groups attached to an aromatic ring is 1. The summed E-state index contributed by atoms with van der Waals surface area (Å²) in [6.45, 7) is 5.09. The van der Waals surface area contributed by atoms with Crippen LogP contribution < -0.4 is 16.4 Å². The van der Waals surface area contributed by atoms with Gasteiger partial charge in [-0.25, -0.2) is 0 Å². The molecule has 0 aliphatic carbocycles. The first-order valence-corrected chi connectivity index (χ1v) is 10.9. The van der Waals surface area contributed by atoms with Gasteiger partial charge in [0.05, 0.1) is 18.0 Å². The third-order valence-electron chi connectivity index (χ3n) is 5.13. The Labute approximate surface area is 184 Å². The minimum atomic E-state index is -0.487. The van der Waals surface area contributed by atoms with Crippen molar-refractivity contribution in [2.24, 2.45) is 11.8 Å². The summed E-state index contributed by atoms with van der Waals surface area (Å²) in [7, 11) is 0. The van der Waals surface area contributed by atoms with Crippen LogP contribution in [0.25, 0.3) is 0 Å². The molecule has 2 amide bonds. The van der Waals surface area contributed by atoms with E-state index < -0.39 is 6.29 Å². The van der Waals surface area contributed by atoms with Crippen molar-refractivity contribution in [1.82, 2.24) is 5.32 Å². The number of ether oxygens (including phenoxy) is 2. The number of amides is 2. The summed E-state index contributed by atoms with van der Waals surface area (Å²) in [5, 5.41) is 14.6. The van der Waals surface area contributed by atoms with Crippen LogP contribution in [0.15, 0.2) is 36.1 Å². The Morgan fingerprint density at radius 3 is 2.74 bits per heavy atom. The van der Waals surface area contributed by atoms with Crippen molar-refractivity contribution in [2.75, 3.05) is 30.8 Å². The number of nitrogens with one attached hydrogen (secondary N) is 2. The summed E-state index contributed by atoms with van der Waals surface area (Å²) in [5.74, 6) is 0.430. The zero-order chi connectivity index (χ0) is 22.6. The third-order valence-corrected chi connectivity index (χ3v) is 5.13. The topological polar surface area (TPSA) is 123 Å². The van der Waals surface area contributed by atoms with Crippen LogP contribution in [-0.2, 0) is 19.1 Å². The first kappa shape index (κ1) is 24.7. The highest BCUT2D eigenvalue weighted by molar-refractivity contribution is 5.93. The Hall–Kier alpha value is -2.58. The highest BCUT2D eigenvalue weighted by Gasteiger charge is 2.29. The minimum absolute atomic E-state index is 0.0558. The first-order chi connectivity index (χ1) is 14.9. The molecule has 0 spiro atoms. The molecule has 0 bridgehead atoms. The summed E-state index contributed by atoms with van der Waals surface area (Å²) in [4.78, 5) is 24.6. The van der Waals surface area contributed by atoms with Crippen LogP contribution in [0.3, 0.4) is 0 Å². The van der Waals surface area contributed by atoms with E-state index in [1.165, 1.54) is 0 Å². The molecule has 1 heterocycles. The van der Waals surface area contributed by atoms with Crippen LogP contribution in [0, 0.1) is 11.8 Å². The minimum Gasteiger partial charge on any atom is -0.459 e. The normalized spacial score (nSPS) is 18.3. The number of anilines is 2. The van der Waals surface area contributed by atoms with Gasteiger partial charge in [0.25, 0.3) is 5.91 Å². The second kappa shape index (κ2) is 13.0. The number of unbranched alkanes of at least 4 members (excludes halogenated alkanes) is 1. The Balaban J connectivity index is 1.72. The molecule has 2 rings (SSSR count). The van der Waals surface area contributed by atoms with Crippen molar-refractivity contribution in [3.63, 3.8) is 0 Å². The second-order valence-electron chi connectivity index (χ2n) is 8.02. The quantitative estimate of drug-likeness (QED) is 0.297. The number of carbonyl (C=O) groups excluding carboxylic acids is 2. The van der Waals surface area contributed by atoms with Crippen LogP contribution in [0.5, 0.6) is 0 Å². The van der Waals surface area contributed by atoms with Crippen molar-refractivity contribution in [3.8, 4) is 0 Å². The Morgan fingerprint density at radius 1 is 1.26 bits per heavy atom. The molecule has 8 nitrogen and oxygen atoms in total. The molecule has 1 aliphatic rings. The zero-order valence-corrected chi connectivity index (χ0v) is 18.4. The molecule has 5 N–H and O–H groups in total. The largest absolute Gasteiger partial charge is 0.459 e. The molecule has 0 aromatic heterocycles. The predicted octanol–water partition coefficient (Wildman–Crippen LogP) is 2.80. The van der Waals surface area contributed by atoms with Gasteiger partial charge >= 0.3 is 0 Å². The van der Waals surface area contributed by atoms with Gasteiger partial charge in [-0.05, 0) is 49.3 Å². The SMILES string of the molecule is CC(C)[C@@H]1C=C(C(=O)NCCCCC(=O)Nc2ccccc2N)O[C@H](OCCCO)C1. The molecule has 1 aromatic carbocycles. The Morgan fingerprint density at radius 2 is 2.03 bits per heavy atom. The lowest BCUT2D eigenvalue weighted by molar-refractivity contribution is -0.151. The Bertz CT molecular complexity index is 750. The fraction of sp³-hybridized carbons (Fsp3) is 0.565. The molecule has 8 heteroatoms. The summed E-state index contributed by atoms with van der Waals surface area (Å²) in [5.41, 5.74) is 6.96. The molecule has 0 saturated heterocycles. The van der Waals surface area contributed by atoms with E-state index in [0.717, 1.165) is 0 Å². The maximum atomic E-state index is 12.5. The number of hydrogen-bond donors (Lipinski definition) is 4. The maximum Gasteiger partial charge on any atom is 0.286 e. The van der Waals surface area contributed by atoms with Gasteiger partial charge in [-0.2, -0.15) is 0 Å². The van der Waals surface area contributed by atoms with E-state index in [1.807, 2.05) is 18.2 Å². The molecular formula is C23H35N3O5. The molecular weight excluding hydrogens is 398 g/mol. The van der Waals surface area contributed by atoms with E-state index in [4.69, 9.17) is 20.3 Å². The predicted molar refractivity (Wildman–Crippen MR) is 120 cm³/mol. The van der Waals surface area contributed by atoms with Crippen molar-refractivity contribution < 1.29 is 24.2 Å². The zero-order valence-electron chi connectivity index (χ0n) is 18.4. The number of aliphatic hydroxyl groups is 1. The average molecular weight is 434 g/mol. The monoisotopic (exact) mass is 433 g/mol. The smallest absolute Gasteiger partial charge is 0.286 e. The fourth-order valence-electron chi connectivity index (χ4n) is 3.21. The highest BCUT2D eigenvalue weighted by atomic mass is 16.7. The van der Waals surface area contributed by atoms with Gasteiger partial charge in [-0.15, -0.1) is 0 Å². The number of benzene rings is 1. The average Bonchev–Trinajstić information content (AvgIpc) is 2.75. The van der Waals surface area contributed by atoms with Crippen molar-refractivity contribution >= 4 is 23.2 Å². The number of para-hydroxylation sites is 2. The van der Waals surface area contributed by atoms with E-state index in [2.05, 4.69) is 24.5 Å². The van der Waals surface area contributed by atoms with Crippen molar-refractivity contribution in [2.45, 2.75) is 52.2 Å². The standard InChI is InChI=1S/C23H35N3O5/c1-16(2)17-14-20(31-22(15-17)30-13-7-12-27)23(29)25-11-6-5-10-21(28)26-19-9-4-3-8-18(19)24/h3-4,8-9,14,16-17,22,27H,5-7,10-13,15,24H2,1-2H3,(H,25,29)(H,26,28)/t17-,22+/m1/s1. The van der Waals surface area contributed by atoms with E-state index >= 15 is 0 Å². The molecule has 2 atom stereocenters. The molecule has 0 fully saturated rings. The molecule has 172 valence electrons. The summed E-state index contributed by atoms with van der Waals surface area (Å²) in [6.07, 6.45) is 4.24. The molecule has 0 radical (unpaired) electrons. The number of nitrogens with two attached hydrogens (primary N) is 1. The van der Waals surface area contributed by atoms with E-state index in [-0.39, 0.29) is 30.1 Å². The van der Waals surface area contributed by atoms with Gasteiger partial charge in [0.15, 0.2) is 5.76 Å². The lowest BCUT2D eigenvalue weighted by atomic mass is 9.90. The number of aliphatic hydroxyl groups excluding tert-OH is 1. The van der Waals surface area contributed by atoms with Crippen LogP contribution in [-0.4, -0.2) is 43.0 Å². The van der Waals surface area contributed by atoms with Crippen LogP contribution >= 0.6 is 0 Å². The number of hydrogen-bond acceptors (Lipinski definition) is 6. The van der Waals surface area contributed by atoms with E-state index in [9.17, 15) is 9.59 Å². The van der Waals surface area contributed by atoms with Gasteiger partial charge in [-0.3, -0.25) is 9.59 Å². The lowest BCUT2D eigenvalue weighted by Crippen LogP contribution is -2.35. The summed E-state index contributed by atoms with van der Waals surface area (Å²) >= 11 is 0. The van der Waals surface area contributed by atoms with Gasteiger partial charge in [-0.1, -0.05) is 26.0 Å². The summed E-state index contributed by atoms with van der Waals surface area (Å²) in [6, 6.07) is 7.12. The van der Waals surface area contributed by atoms with Crippen molar-refractivity contribution in [1.29, 1.82) is 0 Å². The van der Waals surface area contributed by atoms with Gasteiger partial charge < -0.3 is 30.9 Å². The van der Waals surface area contributed by atoms with Crippen LogP contribution in [0.1, 0.15) is 46.0 Å². The first-order valence-electron chi connectivity index (χ1n) is 10.9. The van der Waals surface area contributed by atoms with Crippen LogP contribution in [0.4, 0.5) is 11.4 Å². The van der Waals surface area contributed by atoms with Gasteiger partial charge in [0.2, 0.25) is 12.2 Å². The number of allylic oxidation sites excluding steroid dienone is 1. The number of rotatable bonds is 12. The molecule has 31 heavy (non-hydrogen) atoms. The van der Waals surface area contributed by atoms with Crippen LogP contribution in [0.2, 0.25) is 0 Å². The molecule has 1 aromatic rings. The summed E-state index contributed by atoms with van der Waals surface area (Å²) < 4.78 is 11.4. The third kappa shape index (κ3) is 8.59. The second-order valence-corrected chi connectivity index (χ2v) is 8.02. The highest BCUT2D eigenvalue weighted by Crippen LogP contribution is 2.28. The van der Waals surface area contributed by atoms with E-state index in [1.54, 1.807) is 12.1 Å². The Kier molecular flexibility index (Phi) is 10.3. The number of carbonyl (C=O) groups is 2.